The normalized spacial score (nSPS) is 11.9. The fraction of sp³-hybridized carbons (Fsp3) is 0.452. The van der Waals surface area contributed by atoms with Crippen molar-refractivity contribution in [2.75, 3.05) is 13.2 Å². The number of aromatic nitrogens is 2. The molecule has 5 heteroatoms. The number of carbonyl (C=O) groups excluding carboxylic acids is 1. The highest BCUT2D eigenvalue weighted by atomic mass is 16.5. The molecule has 1 unspecified atom stereocenters. The van der Waals surface area contributed by atoms with Gasteiger partial charge in [-0.05, 0) is 54.0 Å². The van der Waals surface area contributed by atoms with Crippen molar-refractivity contribution in [1.82, 2.24) is 9.97 Å². The molecule has 3 rings (SSSR count). The Hall–Kier alpha value is -3.05. The molecule has 192 valence electrons. The summed E-state index contributed by atoms with van der Waals surface area (Å²) in [6.45, 7) is 7.63. The van der Waals surface area contributed by atoms with Crippen LogP contribution in [0.3, 0.4) is 0 Å². The first kappa shape index (κ1) is 27.5. The summed E-state index contributed by atoms with van der Waals surface area (Å²) in [5.74, 6) is 1.53. The molecule has 3 aromatic rings. The first-order chi connectivity index (χ1) is 17.6. The van der Waals surface area contributed by atoms with Gasteiger partial charge in [-0.2, -0.15) is 0 Å². The van der Waals surface area contributed by atoms with Crippen LogP contribution in [0.15, 0.2) is 60.9 Å². The number of aryl methyl sites for hydroxylation is 1. The van der Waals surface area contributed by atoms with Gasteiger partial charge in [-0.25, -0.2) is 9.97 Å². The van der Waals surface area contributed by atoms with Gasteiger partial charge in [-0.15, -0.1) is 0 Å². The Morgan fingerprint density at radius 1 is 0.833 bits per heavy atom. The number of hydrogen-bond donors (Lipinski definition) is 0. The predicted molar refractivity (Wildman–Crippen MR) is 146 cm³/mol. The van der Waals surface area contributed by atoms with Gasteiger partial charge in [-0.1, -0.05) is 82.9 Å². The fourth-order valence-electron chi connectivity index (χ4n) is 4.11. The predicted octanol–water partition coefficient (Wildman–Crippen LogP) is 7.68. The molecule has 0 bridgehead atoms. The van der Waals surface area contributed by atoms with Crippen LogP contribution in [0, 0.1) is 5.92 Å². The van der Waals surface area contributed by atoms with Crippen LogP contribution in [-0.4, -0.2) is 29.2 Å². The Kier molecular flexibility index (Phi) is 11.6. The SMILES string of the molecule is CCCCCCc1cnc(-c2ccc(-c3ccc(OC(=O)CCOCC(C)CCC)cc3)cc2)nc1. The highest BCUT2D eigenvalue weighted by molar-refractivity contribution is 5.73. The van der Waals surface area contributed by atoms with Gasteiger partial charge in [-0.3, -0.25) is 4.79 Å². The molecule has 1 atom stereocenters. The molecule has 0 saturated heterocycles. The van der Waals surface area contributed by atoms with E-state index in [-0.39, 0.29) is 12.4 Å². The smallest absolute Gasteiger partial charge is 0.313 e. The number of hydrogen-bond acceptors (Lipinski definition) is 5. The summed E-state index contributed by atoms with van der Waals surface area (Å²) in [6.07, 6.45) is 12.5. The third-order valence-corrected chi connectivity index (χ3v) is 6.22. The summed E-state index contributed by atoms with van der Waals surface area (Å²) in [5, 5.41) is 0. The number of rotatable bonds is 15. The van der Waals surface area contributed by atoms with Crippen LogP contribution in [-0.2, 0) is 16.0 Å². The maximum Gasteiger partial charge on any atom is 0.313 e. The second-order valence-electron chi connectivity index (χ2n) is 9.52. The van der Waals surface area contributed by atoms with Gasteiger partial charge in [0, 0.05) is 24.6 Å². The quantitative estimate of drug-likeness (QED) is 0.125. The van der Waals surface area contributed by atoms with E-state index in [2.05, 4.69) is 42.9 Å². The summed E-state index contributed by atoms with van der Waals surface area (Å²) in [4.78, 5) is 21.2. The van der Waals surface area contributed by atoms with E-state index < -0.39 is 0 Å². The first-order valence-electron chi connectivity index (χ1n) is 13.4. The van der Waals surface area contributed by atoms with E-state index in [9.17, 15) is 4.79 Å². The maximum absolute atomic E-state index is 12.1. The lowest BCUT2D eigenvalue weighted by atomic mass is 10.0. The van der Waals surface area contributed by atoms with Crippen LogP contribution in [0.2, 0.25) is 0 Å². The van der Waals surface area contributed by atoms with E-state index in [0.29, 0.717) is 24.9 Å². The summed E-state index contributed by atoms with van der Waals surface area (Å²) < 4.78 is 11.0. The van der Waals surface area contributed by atoms with Crippen molar-refractivity contribution in [3.05, 3.63) is 66.5 Å². The van der Waals surface area contributed by atoms with Gasteiger partial charge >= 0.3 is 5.97 Å². The minimum absolute atomic E-state index is 0.254. The van der Waals surface area contributed by atoms with Crippen LogP contribution in [0.25, 0.3) is 22.5 Å². The molecule has 0 saturated carbocycles. The number of nitrogens with zero attached hydrogens (tertiary/aromatic N) is 2. The third kappa shape index (κ3) is 9.19. The number of benzene rings is 2. The lowest BCUT2D eigenvalue weighted by molar-refractivity contribution is -0.135. The lowest BCUT2D eigenvalue weighted by Crippen LogP contribution is -2.13. The number of unbranched alkanes of at least 4 members (excludes halogenated alkanes) is 3. The van der Waals surface area contributed by atoms with E-state index in [4.69, 9.17) is 9.47 Å². The Morgan fingerprint density at radius 3 is 2.11 bits per heavy atom. The van der Waals surface area contributed by atoms with Gasteiger partial charge < -0.3 is 9.47 Å². The molecule has 36 heavy (non-hydrogen) atoms. The lowest BCUT2D eigenvalue weighted by Gasteiger charge is -2.10. The highest BCUT2D eigenvalue weighted by Crippen LogP contribution is 2.25. The second kappa shape index (κ2) is 15.1. The molecule has 1 aromatic heterocycles. The molecular formula is C31H40N2O3. The van der Waals surface area contributed by atoms with E-state index in [1.165, 1.54) is 31.2 Å². The summed E-state index contributed by atoms with van der Waals surface area (Å²) in [7, 11) is 0. The molecule has 0 aliphatic rings. The van der Waals surface area contributed by atoms with Crippen molar-refractivity contribution < 1.29 is 14.3 Å². The van der Waals surface area contributed by atoms with Crippen LogP contribution < -0.4 is 4.74 Å². The van der Waals surface area contributed by atoms with Crippen molar-refractivity contribution in [3.63, 3.8) is 0 Å². The number of ether oxygens (including phenoxy) is 2. The van der Waals surface area contributed by atoms with Crippen molar-refractivity contribution in [3.8, 4) is 28.3 Å². The topological polar surface area (TPSA) is 61.3 Å². The van der Waals surface area contributed by atoms with Crippen LogP contribution in [0.4, 0.5) is 0 Å². The molecule has 0 amide bonds. The Balaban J connectivity index is 1.47. The van der Waals surface area contributed by atoms with Crippen molar-refractivity contribution >= 4 is 5.97 Å². The maximum atomic E-state index is 12.1. The minimum Gasteiger partial charge on any atom is -0.426 e. The summed E-state index contributed by atoms with van der Waals surface area (Å²) >= 11 is 0. The molecule has 0 N–H and O–H groups in total. The monoisotopic (exact) mass is 488 g/mol. The zero-order chi connectivity index (χ0) is 25.6. The molecule has 1 heterocycles. The van der Waals surface area contributed by atoms with E-state index >= 15 is 0 Å². The standard InChI is InChI=1S/C31H40N2O3/c1-4-6-7-8-10-25-21-32-31(33-22-25)28-13-11-26(12-14-28)27-15-17-29(18-16-27)36-30(34)19-20-35-23-24(3)9-5-2/h11-18,21-22,24H,4-10,19-20,23H2,1-3H3. The molecular weight excluding hydrogens is 448 g/mol. The van der Waals surface area contributed by atoms with Gasteiger partial charge in [0.1, 0.15) is 5.75 Å². The molecule has 0 fully saturated rings. The summed E-state index contributed by atoms with van der Waals surface area (Å²) in [6, 6.07) is 15.8. The number of esters is 1. The zero-order valence-electron chi connectivity index (χ0n) is 22.0. The van der Waals surface area contributed by atoms with Crippen molar-refractivity contribution in [1.29, 1.82) is 0 Å². The van der Waals surface area contributed by atoms with E-state index in [0.717, 1.165) is 41.8 Å². The van der Waals surface area contributed by atoms with E-state index in [1.54, 1.807) is 0 Å². The van der Waals surface area contributed by atoms with Crippen molar-refractivity contribution in [2.45, 2.75) is 72.1 Å². The molecule has 2 aromatic carbocycles. The summed E-state index contributed by atoms with van der Waals surface area (Å²) in [5.41, 5.74) is 4.33. The Labute approximate surface area is 216 Å². The molecule has 0 aliphatic heterocycles. The highest BCUT2D eigenvalue weighted by Gasteiger charge is 2.08. The van der Waals surface area contributed by atoms with Crippen LogP contribution in [0.1, 0.15) is 71.3 Å². The fourth-order valence-corrected chi connectivity index (χ4v) is 4.11. The second-order valence-corrected chi connectivity index (χ2v) is 9.52. The molecule has 0 aliphatic carbocycles. The Morgan fingerprint density at radius 2 is 1.47 bits per heavy atom. The van der Waals surface area contributed by atoms with Gasteiger partial charge in [0.2, 0.25) is 0 Å². The van der Waals surface area contributed by atoms with Crippen LogP contribution in [0.5, 0.6) is 5.75 Å². The van der Waals surface area contributed by atoms with Crippen LogP contribution >= 0.6 is 0 Å². The largest absolute Gasteiger partial charge is 0.426 e. The molecule has 0 spiro atoms. The van der Waals surface area contributed by atoms with E-state index in [1.807, 2.05) is 48.8 Å². The minimum atomic E-state index is -0.276. The molecule has 0 radical (unpaired) electrons. The number of carbonyl (C=O) groups is 1. The van der Waals surface area contributed by atoms with Gasteiger partial charge in [0.05, 0.1) is 13.0 Å². The third-order valence-electron chi connectivity index (χ3n) is 6.22. The van der Waals surface area contributed by atoms with Gasteiger partial charge in [0.25, 0.3) is 0 Å². The average molecular weight is 489 g/mol. The Bertz CT molecular complexity index is 1030. The first-order valence-corrected chi connectivity index (χ1v) is 13.4. The zero-order valence-corrected chi connectivity index (χ0v) is 22.0. The van der Waals surface area contributed by atoms with Crippen molar-refractivity contribution in [2.24, 2.45) is 5.92 Å². The molecule has 5 nitrogen and oxygen atoms in total. The average Bonchev–Trinajstić information content (AvgIpc) is 2.90. The van der Waals surface area contributed by atoms with Gasteiger partial charge in [0.15, 0.2) is 5.82 Å².